The first kappa shape index (κ1) is 19.8. The van der Waals surface area contributed by atoms with Crippen LogP contribution in [0.1, 0.15) is 17.5 Å². The Balaban J connectivity index is 1.46. The molecule has 3 amide bonds. The lowest BCUT2D eigenvalue weighted by molar-refractivity contribution is -0.124. The van der Waals surface area contributed by atoms with Gasteiger partial charge in [-0.1, -0.05) is 42.5 Å². The van der Waals surface area contributed by atoms with Gasteiger partial charge in [0.25, 0.3) is 11.1 Å². The van der Waals surface area contributed by atoms with E-state index in [4.69, 9.17) is 0 Å². The third-order valence-electron chi connectivity index (χ3n) is 4.18. The van der Waals surface area contributed by atoms with E-state index >= 15 is 0 Å². The second-order valence-electron chi connectivity index (χ2n) is 6.22. The average molecular weight is 398 g/mol. The highest BCUT2D eigenvalue weighted by molar-refractivity contribution is 8.18. The van der Waals surface area contributed by atoms with Crippen LogP contribution in [0.2, 0.25) is 0 Å². The van der Waals surface area contributed by atoms with Crippen molar-refractivity contribution in [3.8, 4) is 0 Å². The number of imide groups is 1. The van der Waals surface area contributed by atoms with Crippen molar-refractivity contribution in [1.29, 1.82) is 0 Å². The van der Waals surface area contributed by atoms with Crippen LogP contribution in [0.15, 0.2) is 59.5 Å². The minimum atomic E-state index is -0.348. The second-order valence-corrected chi connectivity index (χ2v) is 7.21. The van der Waals surface area contributed by atoms with Crippen molar-refractivity contribution in [2.75, 3.05) is 13.1 Å². The fraction of sp³-hybridized carbons (Fsp3) is 0.190. The van der Waals surface area contributed by atoms with Gasteiger partial charge in [0.15, 0.2) is 0 Å². The van der Waals surface area contributed by atoms with Gasteiger partial charge >= 0.3 is 0 Å². The number of amides is 3. The van der Waals surface area contributed by atoms with Crippen molar-refractivity contribution in [2.24, 2.45) is 0 Å². The molecule has 1 heterocycles. The molecule has 5 nitrogen and oxygen atoms in total. The van der Waals surface area contributed by atoms with Crippen molar-refractivity contribution >= 4 is 34.9 Å². The first-order valence-electron chi connectivity index (χ1n) is 8.84. The molecular formula is C21H19FN2O3S. The van der Waals surface area contributed by atoms with E-state index < -0.39 is 0 Å². The van der Waals surface area contributed by atoms with Crippen LogP contribution in [0.3, 0.4) is 0 Å². The Hall–Kier alpha value is -2.93. The maximum Gasteiger partial charge on any atom is 0.293 e. The molecule has 3 rings (SSSR count). The van der Waals surface area contributed by atoms with E-state index in [9.17, 15) is 18.8 Å². The van der Waals surface area contributed by atoms with Gasteiger partial charge in [-0.25, -0.2) is 4.39 Å². The molecule has 1 N–H and O–H groups in total. The number of nitrogens with zero attached hydrogens (tertiary/aromatic N) is 1. The Morgan fingerprint density at radius 1 is 1.07 bits per heavy atom. The summed E-state index contributed by atoms with van der Waals surface area (Å²) in [6.45, 7) is 0.317. The molecular weight excluding hydrogens is 379 g/mol. The van der Waals surface area contributed by atoms with E-state index in [1.807, 2.05) is 30.3 Å². The predicted octanol–water partition coefficient (Wildman–Crippen LogP) is 3.61. The van der Waals surface area contributed by atoms with Crippen molar-refractivity contribution in [2.45, 2.75) is 12.8 Å². The molecule has 0 aliphatic carbocycles. The summed E-state index contributed by atoms with van der Waals surface area (Å²) in [5, 5.41) is 2.37. The highest BCUT2D eigenvalue weighted by atomic mass is 32.2. The molecule has 0 spiro atoms. The van der Waals surface area contributed by atoms with Crippen molar-refractivity contribution in [1.82, 2.24) is 10.2 Å². The Morgan fingerprint density at radius 2 is 1.79 bits per heavy atom. The summed E-state index contributed by atoms with van der Waals surface area (Å²) < 4.78 is 12.9. The van der Waals surface area contributed by atoms with Crippen LogP contribution in [-0.2, 0) is 16.0 Å². The standard InChI is InChI=1S/C21H19FN2O3S/c22-17-9-6-15(7-10-17)8-11-19(25)23-12-13-24-20(26)18(28-21(24)27)14-16-4-2-1-3-5-16/h1-7,9-10,14H,8,11-13H2,(H,23,25)/b18-14-. The Bertz CT molecular complexity index is 898. The first-order chi connectivity index (χ1) is 13.5. The third kappa shape index (κ3) is 5.29. The van der Waals surface area contributed by atoms with Crippen LogP contribution in [0.5, 0.6) is 0 Å². The topological polar surface area (TPSA) is 66.5 Å². The highest BCUT2D eigenvalue weighted by Crippen LogP contribution is 2.31. The summed E-state index contributed by atoms with van der Waals surface area (Å²) in [6.07, 6.45) is 2.43. The summed E-state index contributed by atoms with van der Waals surface area (Å²) in [5.74, 6) is -0.845. The first-order valence-corrected chi connectivity index (χ1v) is 9.66. The molecule has 1 aliphatic rings. The van der Waals surface area contributed by atoms with Crippen LogP contribution in [-0.4, -0.2) is 35.0 Å². The molecule has 0 radical (unpaired) electrons. The molecule has 28 heavy (non-hydrogen) atoms. The summed E-state index contributed by atoms with van der Waals surface area (Å²) in [4.78, 5) is 37.9. The number of thioether (sulfide) groups is 1. The van der Waals surface area contributed by atoms with Crippen molar-refractivity contribution < 1.29 is 18.8 Å². The Kier molecular flexibility index (Phi) is 6.60. The normalized spacial score (nSPS) is 15.3. The molecule has 1 fully saturated rings. The number of hydrogen-bond acceptors (Lipinski definition) is 4. The quantitative estimate of drug-likeness (QED) is 0.724. The van der Waals surface area contributed by atoms with Crippen LogP contribution in [0.25, 0.3) is 6.08 Å². The zero-order valence-corrected chi connectivity index (χ0v) is 15.9. The number of nitrogens with one attached hydrogen (secondary N) is 1. The second kappa shape index (κ2) is 9.32. The van der Waals surface area contributed by atoms with Gasteiger partial charge < -0.3 is 5.32 Å². The van der Waals surface area contributed by atoms with Gasteiger partial charge in [0.2, 0.25) is 5.91 Å². The van der Waals surface area contributed by atoms with E-state index in [0.29, 0.717) is 11.3 Å². The van der Waals surface area contributed by atoms with Crippen molar-refractivity contribution in [3.63, 3.8) is 0 Å². The fourth-order valence-electron chi connectivity index (χ4n) is 2.70. The molecule has 0 atom stereocenters. The number of rotatable bonds is 7. The third-order valence-corrected chi connectivity index (χ3v) is 5.09. The van der Waals surface area contributed by atoms with Gasteiger partial charge in [-0.05, 0) is 47.5 Å². The molecule has 2 aromatic rings. The zero-order chi connectivity index (χ0) is 19.9. The average Bonchev–Trinajstić information content (AvgIpc) is 2.95. The number of carbonyl (C=O) groups excluding carboxylic acids is 3. The predicted molar refractivity (Wildman–Crippen MR) is 107 cm³/mol. The summed E-state index contributed by atoms with van der Waals surface area (Å²) in [5.41, 5.74) is 1.72. The summed E-state index contributed by atoms with van der Waals surface area (Å²) in [6, 6.07) is 15.3. The van der Waals surface area contributed by atoms with E-state index in [1.54, 1.807) is 18.2 Å². The molecule has 0 unspecified atom stereocenters. The van der Waals surface area contributed by atoms with Crippen LogP contribution < -0.4 is 5.32 Å². The molecule has 1 aliphatic heterocycles. The lowest BCUT2D eigenvalue weighted by Gasteiger charge is -2.13. The Morgan fingerprint density at radius 3 is 2.50 bits per heavy atom. The molecule has 7 heteroatoms. The maximum atomic E-state index is 12.9. The number of carbonyl (C=O) groups is 3. The van der Waals surface area contributed by atoms with E-state index in [-0.39, 0.29) is 42.4 Å². The SMILES string of the molecule is O=C(CCc1ccc(F)cc1)NCCN1C(=O)S/C(=C\c2ccccc2)C1=O. The largest absolute Gasteiger partial charge is 0.354 e. The highest BCUT2D eigenvalue weighted by Gasteiger charge is 2.34. The van der Waals surface area contributed by atoms with E-state index in [2.05, 4.69) is 5.32 Å². The Labute approximate surface area is 166 Å². The molecule has 0 saturated carbocycles. The molecule has 2 aromatic carbocycles. The summed E-state index contributed by atoms with van der Waals surface area (Å²) in [7, 11) is 0. The van der Waals surface area contributed by atoms with Gasteiger partial charge in [0, 0.05) is 19.5 Å². The number of halogens is 1. The van der Waals surface area contributed by atoms with Crippen LogP contribution >= 0.6 is 11.8 Å². The maximum absolute atomic E-state index is 12.9. The van der Waals surface area contributed by atoms with Crippen molar-refractivity contribution in [3.05, 3.63) is 76.4 Å². The summed E-state index contributed by atoms with van der Waals surface area (Å²) >= 11 is 0.899. The van der Waals surface area contributed by atoms with Gasteiger partial charge in [0.1, 0.15) is 5.82 Å². The lowest BCUT2D eigenvalue weighted by Crippen LogP contribution is -2.37. The number of aryl methyl sites for hydroxylation is 1. The number of hydrogen-bond donors (Lipinski definition) is 1. The molecule has 1 saturated heterocycles. The fourth-order valence-corrected chi connectivity index (χ4v) is 3.56. The van der Waals surface area contributed by atoms with Gasteiger partial charge in [-0.3, -0.25) is 19.3 Å². The minimum Gasteiger partial charge on any atom is -0.354 e. The van der Waals surface area contributed by atoms with Crippen LogP contribution in [0, 0.1) is 5.82 Å². The zero-order valence-electron chi connectivity index (χ0n) is 15.1. The van der Waals surface area contributed by atoms with Gasteiger partial charge in [-0.15, -0.1) is 0 Å². The lowest BCUT2D eigenvalue weighted by atomic mass is 10.1. The molecule has 144 valence electrons. The number of benzene rings is 2. The van der Waals surface area contributed by atoms with E-state index in [0.717, 1.165) is 27.8 Å². The molecule has 0 aromatic heterocycles. The van der Waals surface area contributed by atoms with E-state index in [1.165, 1.54) is 12.1 Å². The van der Waals surface area contributed by atoms with Gasteiger partial charge in [-0.2, -0.15) is 0 Å². The smallest absolute Gasteiger partial charge is 0.293 e. The minimum absolute atomic E-state index is 0.124. The monoisotopic (exact) mass is 398 g/mol. The molecule has 0 bridgehead atoms. The van der Waals surface area contributed by atoms with Gasteiger partial charge in [0.05, 0.1) is 4.91 Å². The van der Waals surface area contributed by atoms with Crippen LogP contribution in [0.4, 0.5) is 9.18 Å².